The highest BCUT2D eigenvalue weighted by molar-refractivity contribution is 6.51. The monoisotopic (exact) mass is 504 g/mol. The van der Waals surface area contributed by atoms with Crippen LogP contribution in [-0.2, 0) is 9.59 Å². The van der Waals surface area contributed by atoms with Crippen LogP contribution in [0.4, 0.5) is 17.1 Å². The van der Waals surface area contributed by atoms with E-state index < -0.39 is 17.7 Å². The Morgan fingerprint density at radius 1 is 0.868 bits per heavy atom. The van der Waals surface area contributed by atoms with Gasteiger partial charge in [-0.15, -0.1) is 0 Å². The van der Waals surface area contributed by atoms with E-state index in [-0.39, 0.29) is 11.3 Å². The summed E-state index contributed by atoms with van der Waals surface area (Å²) in [4.78, 5) is 28.4. The van der Waals surface area contributed by atoms with Crippen molar-refractivity contribution in [1.82, 2.24) is 0 Å². The van der Waals surface area contributed by atoms with Crippen molar-refractivity contribution < 1.29 is 19.4 Å². The number of nitrogens with one attached hydrogen (secondary N) is 1. The number of aliphatic hydroxyl groups is 1. The normalized spacial score (nSPS) is 16.5. The molecular formula is C32H28N2O4. The summed E-state index contributed by atoms with van der Waals surface area (Å²) in [5, 5.41) is 14.7. The van der Waals surface area contributed by atoms with Gasteiger partial charge in [0, 0.05) is 22.6 Å². The van der Waals surface area contributed by atoms with Crippen LogP contribution in [0.1, 0.15) is 29.7 Å². The molecule has 1 aliphatic rings. The van der Waals surface area contributed by atoms with Crippen LogP contribution >= 0.6 is 0 Å². The molecule has 6 nitrogen and oxygen atoms in total. The van der Waals surface area contributed by atoms with Gasteiger partial charge in [-0.3, -0.25) is 14.5 Å². The van der Waals surface area contributed by atoms with Gasteiger partial charge in [0.15, 0.2) is 0 Å². The lowest BCUT2D eigenvalue weighted by molar-refractivity contribution is -0.132. The molecule has 38 heavy (non-hydrogen) atoms. The summed E-state index contributed by atoms with van der Waals surface area (Å²) in [6.07, 6.45) is 0. The van der Waals surface area contributed by atoms with E-state index >= 15 is 0 Å². The first-order valence-electron chi connectivity index (χ1n) is 12.5. The maximum atomic E-state index is 13.5. The maximum Gasteiger partial charge on any atom is 0.300 e. The van der Waals surface area contributed by atoms with Gasteiger partial charge in [-0.2, -0.15) is 0 Å². The molecule has 1 atom stereocenters. The molecule has 2 N–H and O–H groups in total. The van der Waals surface area contributed by atoms with Crippen LogP contribution in [0.2, 0.25) is 0 Å². The molecule has 0 spiro atoms. The van der Waals surface area contributed by atoms with Gasteiger partial charge in [-0.1, -0.05) is 60.2 Å². The summed E-state index contributed by atoms with van der Waals surface area (Å²) in [6, 6.07) is 30.8. The lowest BCUT2D eigenvalue weighted by atomic mass is 9.94. The molecule has 0 radical (unpaired) electrons. The number of Topliss-reactive ketones (excluding diaryl/α,β-unsaturated/α-hetero) is 1. The van der Waals surface area contributed by atoms with Crippen LogP contribution in [0.5, 0.6) is 5.75 Å². The molecule has 1 saturated heterocycles. The smallest absolute Gasteiger partial charge is 0.300 e. The van der Waals surface area contributed by atoms with E-state index in [1.54, 1.807) is 36.4 Å². The summed E-state index contributed by atoms with van der Waals surface area (Å²) in [5.74, 6) is -1.09. The average Bonchev–Trinajstić information content (AvgIpc) is 3.20. The largest absolute Gasteiger partial charge is 0.507 e. The molecule has 4 aromatic rings. The number of aryl methyl sites for hydroxylation is 1. The van der Waals surface area contributed by atoms with Crippen LogP contribution in [0.25, 0.3) is 5.76 Å². The quantitative estimate of drug-likeness (QED) is 0.165. The third-order valence-electron chi connectivity index (χ3n) is 6.43. The second-order valence-corrected chi connectivity index (χ2v) is 9.08. The molecule has 0 aromatic heterocycles. The lowest BCUT2D eigenvalue weighted by Gasteiger charge is -2.26. The maximum absolute atomic E-state index is 13.5. The van der Waals surface area contributed by atoms with Gasteiger partial charge in [0.2, 0.25) is 0 Å². The molecule has 4 aromatic carbocycles. The highest BCUT2D eigenvalue weighted by atomic mass is 16.5. The minimum Gasteiger partial charge on any atom is -0.507 e. The first-order chi connectivity index (χ1) is 18.5. The Morgan fingerprint density at radius 3 is 2.29 bits per heavy atom. The van der Waals surface area contributed by atoms with E-state index in [9.17, 15) is 14.7 Å². The first kappa shape index (κ1) is 24.8. The molecule has 1 fully saturated rings. The van der Waals surface area contributed by atoms with Crippen molar-refractivity contribution in [3.63, 3.8) is 0 Å². The van der Waals surface area contributed by atoms with E-state index in [0.717, 1.165) is 22.5 Å². The number of benzene rings is 4. The molecule has 1 unspecified atom stereocenters. The van der Waals surface area contributed by atoms with Crippen molar-refractivity contribution in [3.05, 3.63) is 125 Å². The predicted molar refractivity (Wildman–Crippen MR) is 150 cm³/mol. The molecular weight excluding hydrogens is 476 g/mol. The Balaban J connectivity index is 1.59. The molecule has 0 saturated carbocycles. The van der Waals surface area contributed by atoms with Crippen LogP contribution in [0.3, 0.4) is 0 Å². The SMILES string of the molecule is CCOc1cccc(/C(O)=C2/C(=O)C(=O)N(c3ccc(Nc4ccccc4)cc3)C2c2cccc(C)c2)c1. The summed E-state index contributed by atoms with van der Waals surface area (Å²) in [6.45, 7) is 4.29. The third-order valence-corrected chi connectivity index (χ3v) is 6.43. The van der Waals surface area contributed by atoms with Crippen molar-refractivity contribution in [2.24, 2.45) is 0 Å². The van der Waals surface area contributed by atoms with Gasteiger partial charge in [-0.05, 0) is 67.9 Å². The summed E-state index contributed by atoms with van der Waals surface area (Å²) in [5.41, 5.74) is 4.51. The van der Waals surface area contributed by atoms with Crippen molar-refractivity contribution in [2.45, 2.75) is 19.9 Å². The molecule has 1 amide bonds. The average molecular weight is 505 g/mol. The van der Waals surface area contributed by atoms with Gasteiger partial charge in [-0.25, -0.2) is 0 Å². The van der Waals surface area contributed by atoms with Crippen molar-refractivity contribution in [1.29, 1.82) is 0 Å². The minimum absolute atomic E-state index is 0.0423. The Bertz CT molecular complexity index is 1510. The van der Waals surface area contributed by atoms with Gasteiger partial charge in [0.05, 0.1) is 18.2 Å². The zero-order valence-corrected chi connectivity index (χ0v) is 21.2. The van der Waals surface area contributed by atoms with E-state index in [1.807, 2.05) is 80.6 Å². The molecule has 1 heterocycles. The number of anilines is 3. The zero-order valence-electron chi connectivity index (χ0n) is 21.2. The first-order valence-corrected chi connectivity index (χ1v) is 12.5. The van der Waals surface area contributed by atoms with E-state index in [0.29, 0.717) is 23.6 Å². The Labute approximate surface area is 221 Å². The topological polar surface area (TPSA) is 78.9 Å². The molecule has 0 aliphatic carbocycles. The van der Waals surface area contributed by atoms with Crippen LogP contribution < -0.4 is 15.0 Å². The van der Waals surface area contributed by atoms with Gasteiger partial charge in [0.25, 0.3) is 11.7 Å². The number of hydrogen-bond acceptors (Lipinski definition) is 5. The van der Waals surface area contributed by atoms with Gasteiger partial charge < -0.3 is 15.2 Å². The van der Waals surface area contributed by atoms with Crippen LogP contribution in [-0.4, -0.2) is 23.4 Å². The van der Waals surface area contributed by atoms with E-state index in [4.69, 9.17) is 4.74 Å². The number of amides is 1. The Hall–Kier alpha value is -4.84. The fourth-order valence-electron chi connectivity index (χ4n) is 4.70. The second kappa shape index (κ2) is 10.6. The molecule has 190 valence electrons. The number of para-hydroxylation sites is 1. The highest BCUT2D eigenvalue weighted by Gasteiger charge is 2.47. The number of ketones is 1. The Morgan fingerprint density at radius 2 is 1.58 bits per heavy atom. The van der Waals surface area contributed by atoms with E-state index in [1.165, 1.54) is 4.90 Å². The van der Waals surface area contributed by atoms with Crippen LogP contribution in [0, 0.1) is 6.92 Å². The van der Waals surface area contributed by atoms with Crippen molar-refractivity contribution in [2.75, 3.05) is 16.8 Å². The Kier molecular flexibility index (Phi) is 6.96. The number of carbonyl (C=O) groups is 2. The standard InChI is InChI=1S/C32H28N2O4/c1-3-38-27-14-8-11-23(20-27)30(35)28-29(22-10-7-9-21(2)19-22)34(32(37)31(28)36)26-17-15-25(16-18-26)33-24-12-5-4-6-13-24/h4-20,29,33,35H,3H2,1-2H3/b30-28-. The second-order valence-electron chi connectivity index (χ2n) is 9.08. The fourth-order valence-corrected chi connectivity index (χ4v) is 4.70. The zero-order chi connectivity index (χ0) is 26.6. The molecule has 6 heteroatoms. The molecule has 5 rings (SSSR count). The number of carbonyl (C=O) groups excluding carboxylic acids is 2. The van der Waals surface area contributed by atoms with Crippen molar-refractivity contribution in [3.8, 4) is 5.75 Å². The molecule has 1 aliphatic heterocycles. The lowest BCUT2D eigenvalue weighted by Crippen LogP contribution is -2.29. The summed E-state index contributed by atoms with van der Waals surface area (Å²) >= 11 is 0. The van der Waals surface area contributed by atoms with Crippen molar-refractivity contribution >= 4 is 34.5 Å². The van der Waals surface area contributed by atoms with Gasteiger partial charge in [0.1, 0.15) is 11.5 Å². The minimum atomic E-state index is -0.793. The fraction of sp³-hybridized carbons (Fsp3) is 0.125. The number of hydrogen-bond donors (Lipinski definition) is 2. The molecule has 0 bridgehead atoms. The van der Waals surface area contributed by atoms with Crippen LogP contribution in [0.15, 0.2) is 109 Å². The predicted octanol–water partition coefficient (Wildman–Crippen LogP) is 6.76. The highest BCUT2D eigenvalue weighted by Crippen LogP contribution is 2.42. The number of rotatable bonds is 7. The number of aliphatic hydroxyl groups excluding tert-OH is 1. The van der Waals surface area contributed by atoms with E-state index in [2.05, 4.69) is 5.32 Å². The van der Waals surface area contributed by atoms with Gasteiger partial charge >= 0.3 is 0 Å². The third kappa shape index (κ3) is 4.89. The number of nitrogens with zero attached hydrogens (tertiary/aromatic N) is 1. The summed E-state index contributed by atoms with van der Waals surface area (Å²) in [7, 11) is 0. The summed E-state index contributed by atoms with van der Waals surface area (Å²) < 4.78 is 5.58. The number of ether oxygens (including phenoxy) is 1.